The van der Waals surface area contributed by atoms with E-state index in [-0.39, 0.29) is 0 Å². The van der Waals surface area contributed by atoms with E-state index in [0.29, 0.717) is 0 Å². The summed E-state index contributed by atoms with van der Waals surface area (Å²) in [6, 6.07) is 1.53. The summed E-state index contributed by atoms with van der Waals surface area (Å²) in [5, 5.41) is 3.29. The molecular formula is C11H24N2. The first-order valence-corrected chi connectivity index (χ1v) is 5.59. The van der Waals surface area contributed by atoms with Gasteiger partial charge in [-0.25, -0.2) is 0 Å². The zero-order valence-corrected chi connectivity index (χ0v) is 9.51. The van der Waals surface area contributed by atoms with Crippen molar-refractivity contribution >= 4 is 0 Å². The number of hydrogen-bond donors (Lipinski definition) is 1. The molecule has 2 nitrogen and oxygen atoms in total. The molecule has 0 aliphatic carbocycles. The lowest BCUT2D eigenvalue weighted by atomic mass is 10.1. The largest absolute Gasteiger partial charge is 0.318 e. The highest BCUT2D eigenvalue weighted by Crippen LogP contribution is 2.25. The van der Waals surface area contributed by atoms with Gasteiger partial charge in [0.2, 0.25) is 0 Å². The van der Waals surface area contributed by atoms with E-state index in [9.17, 15) is 0 Å². The lowest BCUT2D eigenvalue weighted by Gasteiger charge is -2.30. The van der Waals surface area contributed by atoms with Crippen LogP contribution in [0.4, 0.5) is 0 Å². The molecule has 0 aromatic heterocycles. The Bertz CT molecular complexity index is 147. The average molecular weight is 184 g/mol. The van der Waals surface area contributed by atoms with Crippen molar-refractivity contribution in [3.8, 4) is 0 Å². The second-order valence-corrected chi connectivity index (χ2v) is 4.51. The maximum absolute atomic E-state index is 3.29. The average Bonchev–Trinajstić information content (AvgIpc) is 2.41. The molecule has 1 saturated heterocycles. The Kier molecular flexibility index (Phi) is 4.20. The first kappa shape index (κ1) is 11.0. The molecule has 0 spiro atoms. The van der Waals surface area contributed by atoms with Crippen molar-refractivity contribution < 1.29 is 0 Å². The highest BCUT2D eigenvalue weighted by molar-refractivity contribution is 4.85. The Labute approximate surface area is 82.7 Å². The van der Waals surface area contributed by atoms with Gasteiger partial charge in [0, 0.05) is 25.2 Å². The van der Waals surface area contributed by atoms with E-state index in [1.165, 1.54) is 19.4 Å². The monoisotopic (exact) mass is 184 g/mol. The summed E-state index contributed by atoms with van der Waals surface area (Å²) in [7, 11) is 2.05. The van der Waals surface area contributed by atoms with Gasteiger partial charge in [-0.05, 0) is 32.7 Å². The predicted octanol–water partition coefficient (Wildman–Crippen LogP) is 1.71. The van der Waals surface area contributed by atoms with Gasteiger partial charge < -0.3 is 5.32 Å². The van der Waals surface area contributed by atoms with Gasteiger partial charge in [-0.3, -0.25) is 4.90 Å². The van der Waals surface area contributed by atoms with Crippen molar-refractivity contribution in [2.24, 2.45) is 5.92 Å². The van der Waals surface area contributed by atoms with Crippen molar-refractivity contribution in [2.75, 3.05) is 20.1 Å². The highest BCUT2D eigenvalue weighted by Gasteiger charge is 2.30. The van der Waals surface area contributed by atoms with Crippen LogP contribution >= 0.6 is 0 Å². The third-order valence-electron chi connectivity index (χ3n) is 3.21. The molecule has 0 aromatic carbocycles. The Hall–Kier alpha value is -0.0800. The summed E-state index contributed by atoms with van der Waals surface area (Å²) >= 11 is 0. The number of likely N-dealkylation sites (N-methyl/N-ethyl adjacent to an activating group) is 1. The quantitative estimate of drug-likeness (QED) is 0.715. The maximum atomic E-state index is 3.29. The fourth-order valence-electron chi connectivity index (χ4n) is 2.57. The summed E-state index contributed by atoms with van der Waals surface area (Å²) in [5.74, 6) is 0.890. The van der Waals surface area contributed by atoms with Crippen molar-refractivity contribution in [3.05, 3.63) is 0 Å². The predicted molar refractivity (Wildman–Crippen MR) is 58.0 cm³/mol. The van der Waals surface area contributed by atoms with Crippen LogP contribution in [0.15, 0.2) is 0 Å². The molecule has 1 aliphatic heterocycles. The Balaban J connectivity index is 2.48. The Morgan fingerprint density at radius 3 is 2.54 bits per heavy atom. The first-order chi connectivity index (χ1) is 6.19. The molecule has 0 radical (unpaired) electrons. The topological polar surface area (TPSA) is 15.3 Å². The van der Waals surface area contributed by atoms with Gasteiger partial charge in [-0.2, -0.15) is 0 Å². The number of nitrogens with one attached hydrogen (secondary N) is 1. The second kappa shape index (κ2) is 4.97. The second-order valence-electron chi connectivity index (χ2n) is 4.51. The summed E-state index contributed by atoms with van der Waals surface area (Å²) in [4.78, 5) is 2.67. The standard InChI is InChI=1S/C11H24N2/c1-5-11(7-12-4)13-8-9(2)6-10(13)3/h9-12H,5-8H2,1-4H3. The minimum absolute atomic E-state index is 0.741. The number of nitrogens with zero attached hydrogens (tertiary/aromatic N) is 1. The fourth-order valence-corrected chi connectivity index (χ4v) is 2.57. The maximum Gasteiger partial charge on any atom is 0.0220 e. The summed E-state index contributed by atoms with van der Waals surface area (Å²) < 4.78 is 0. The minimum atomic E-state index is 0.741. The van der Waals surface area contributed by atoms with Crippen LogP contribution < -0.4 is 5.32 Å². The normalized spacial score (nSPS) is 32.3. The third-order valence-corrected chi connectivity index (χ3v) is 3.21. The van der Waals surface area contributed by atoms with E-state index in [1.54, 1.807) is 0 Å². The van der Waals surface area contributed by atoms with E-state index >= 15 is 0 Å². The van der Waals surface area contributed by atoms with Crippen LogP contribution in [-0.2, 0) is 0 Å². The SMILES string of the molecule is CCC(CNC)N1CC(C)CC1C. The molecule has 13 heavy (non-hydrogen) atoms. The zero-order chi connectivity index (χ0) is 9.84. The van der Waals surface area contributed by atoms with E-state index in [4.69, 9.17) is 0 Å². The molecule has 0 aromatic rings. The molecule has 1 rings (SSSR count). The molecule has 1 N–H and O–H groups in total. The molecule has 0 bridgehead atoms. The third kappa shape index (κ3) is 2.68. The molecule has 1 fully saturated rings. The van der Waals surface area contributed by atoms with Crippen LogP contribution in [-0.4, -0.2) is 37.1 Å². The lowest BCUT2D eigenvalue weighted by molar-refractivity contribution is 0.180. The van der Waals surface area contributed by atoms with E-state index < -0.39 is 0 Å². The minimum Gasteiger partial charge on any atom is -0.318 e. The fraction of sp³-hybridized carbons (Fsp3) is 1.00. The van der Waals surface area contributed by atoms with Crippen molar-refractivity contribution in [1.29, 1.82) is 0 Å². The molecule has 1 aliphatic rings. The smallest absolute Gasteiger partial charge is 0.0220 e. The Morgan fingerprint density at radius 2 is 2.15 bits per heavy atom. The molecule has 2 heteroatoms. The van der Waals surface area contributed by atoms with Gasteiger partial charge in [0.25, 0.3) is 0 Å². The molecule has 78 valence electrons. The van der Waals surface area contributed by atoms with Gasteiger partial charge in [-0.1, -0.05) is 13.8 Å². The summed E-state index contributed by atoms with van der Waals surface area (Å²) in [6.45, 7) is 9.44. The summed E-state index contributed by atoms with van der Waals surface area (Å²) in [6.07, 6.45) is 2.64. The van der Waals surface area contributed by atoms with Gasteiger partial charge in [0.1, 0.15) is 0 Å². The highest BCUT2D eigenvalue weighted by atomic mass is 15.2. The van der Waals surface area contributed by atoms with Gasteiger partial charge in [-0.15, -0.1) is 0 Å². The van der Waals surface area contributed by atoms with Crippen LogP contribution in [0.25, 0.3) is 0 Å². The zero-order valence-electron chi connectivity index (χ0n) is 9.51. The molecule has 3 atom stereocenters. The molecule has 0 saturated carbocycles. The molecule has 3 unspecified atom stereocenters. The Morgan fingerprint density at radius 1 is 1.46 bits per heavy atom. The molecular weight excluding hydrogens is 160 g/mol. The molecule has 1 heterocycles. The van der Waals surface area contributed by atoms with Gasteiger partial charge in [0.05, 0.1) is 0 Å². The lowest BCUT2D eigenvalue weighted by Crippen LogP contribution is -2.43. The van der Waals surface area contributed by atoms with Crippen molar-refractivity contribution in [1.82, 2.24) is 10.2 Å². The van der Waals surface area contributed by atoms with Crippen LogP contribution in [0.2, 0.25) is 0 Å². The molecule has 0 amide bonds. The van der Waals surface area contributed by atoms with Crippen LogP contribution in [0.1, 0.15) is 33.6 Å². The number of hydrogen-bond acceptors (Lipinski definition) is 2. The van der Waals surface area contributed by atoms with E-state index in [2.05, 4.69) is 31.0 Å². The van der Waals surface area contributed by atoms with E-state index in [1.807, 2.05) is 7.05 Å². The van der Waals surface area contributed by atoms with Crippen LogP contribution in [0.3, 0.4) is 0 Å². The van der Waals surface area contributed by atoms with Crippen LogP contribution in [0, 0.1) is 5.92 Å². The number of rotatable bonds is 4. The van der Waals surface area contributed by atoms with Gasteiger partial charge in [0.15, 0.2) is 0 Å². The van der Waals surface area contributed by atoms with Crippen LogP contribution in [0.5, 0.6) is 0 Å². The van der Waals surface area contributed by atoms with Crippen molar-refractivity contribution in [3.63, 3.8) is 0 Å². The summed E-state index contributed by atoms with van der Waals surface area (Å²) in [5.41, 5.74) is 0. The number of likely N-dealkylation sites (tertiary alicyclic amines) is 1. The van der Waals surface area contributed by atoms with Crippen molar-refractivity contribution in [2.45, 2.75) is 45.7 Å². The first-order valence-electron chi connectivity index (χ1n) is 5.59. The van der Waals surface area contributed by atoms with Gasteiger partial charge >= 0.3 is 0 Å². The van der Waals surface area contributed by atoms with E-state index in [0.717, 1.165) is 24.5 Å².